The number of carboxylic acids is 2. The fraction of sp³-hybridized carbons (Fsp3) is 0.400. The number of benzene rings is 2. The van der Waals surface area contributed by atoms with Crippen LogP contribution >= 0.6 is 0 Å². The molecule has 2 heterocycles. The number of fused-ring (bicyclic) bond motifs is 1. The highest BCUT2D eigenvalue weighted by Gasteiger charge is 2.25. The summed E-state index contributed by atoms with van der Waals surface area (Å²) in [6.45, 7) is 8.07. The van der Waals surface area contributed by atoms with Crippen molar-refractivity contribution in [3.63, 3.8) is 0 Å². The summed E-state index contributed by atoms with van der Waals surface area (Å²) >= 11 is 0. The van der Waals surface area contributed by atoms with Gasteiger partial charge in [0.05, 0.1) is 17.9 Å². The highest BCUT2D eigenvalue weighted by molar-refractivity contribution is 6.27. The molecule has 2 aliphatic heterocycles. The van der Waals surface area contributed by atoms with Crippen LogP contribution in [0.3, 0.4) is 0 Å². The van der Waals surface area contributed by atoms with Gasteiger partial charge in [0.1, 0.15) is 30.8 Å². The number of piperazine rings is 1. The van der Waals surface area contributed by atoms with Crippen LogP contribution < -0.4 is 19.1 Å². The van der Waals surface area contributed by atoms with Gasteiger partial charge in [-0.05, 0) is 49.2 Å². The second-order valence-electron chi connectivity index (χ2n) is 8.15. The molecule has 0 aromatic heterocycles. The Kier molecular flexibility index (Phi) is 9.30. The number of aliphatic carboxylic acids is 2. The Bertz CT molecular complexity index is 1120. The van der Waals surface area contributed by atoms with Gasteiger partial charge in [-0.15, -0.1) is 0 Å². The van der Waals surface area contributed by atoms with E-state index < -0.39 is 11.9 Å². The minimum atomic E-state index is -1.82. The first kappa shape index (κ1) is 26.6. The van der Waals surface area contributed by atoms with Gasteiger partial charge < -0.3 is 29.3 Å². The van der Waals surface area contributed by atoms with E-state index in [9.17, 15) is 9.65 Å². The SMILES string of the molecule is Cc1cc(F)ccc1OCCCN1CCN(c2ccc(C#N)c3c2OCCO3)CC1.O=C(O)C(=O)O. The normalized spacial score (nSPS) is 14.8. The minimum Gasteiger partial charge on any atom is -0.493 e. The van der Waals surface area contributed by atoms with Crippen molar-refractivity contribution in [2.75, 3.05) is 57.4 Å². The van der Waals surface area contributed by atoms with Crippen molar-refractivity contribution in [3.8, 4) is 23.3 Å². The first-order valence-electron chi connectivity index (χ1n) is 11.4. The second-order valence-corrected chi connectivity index (χ2v) is 8.15. The molecule has 0 aliphatic carbocycles. The van der Waals surface area contributed by atoms with Gasteiger partial charge >= 0.3 is 11.9 Å². The molecular formula is C25H28FN3O7. The Hall–Kier alpha value is -4.04. The molecule has 0 spiro atoms. The standard InChI is InChI=1S/C23H26FN3O3.C2H2O4/c1-17-15-19(24)4-6-21(17)28-12-2-7-26-8-10-27(11-9-26)20-5-3-18(16-25)22-23(20)30-14-13-29-22;3-1(4)2(5)6/h3-6,15H,2,7-14H2,1H3;(H,3,4)(H,5,6). The van der Waals surface area contributed by atoms with Crippen molar-refractivity contribution in [1.29, 1.82) is 5.26 Å². The average molecular weight is 502 g/mol. The van der Waals surface area contributed by atoms with E-state index in [2.05, 4.69) is 15.9 Å². The van der Waals surface area contributed by atoms with E-state index in [-0.39, 0.29) is 5.82 Å². The Morgan fingerprint density at radius 1 is 1.06 bits per heavy atom. The van der Waals surface area contributed by atoms with Gasteiger partial charge in [-0.2, -0.15) is 5.26 Å². The molecule has 4 rings (SSSR count). The van der Waals surface area contributed by atoms with E-state index in [1.165, 1.54) is 12.1 Å². The third-order valence-corrected chi connectivity index (χ3v) is 5.70. The van der Waals surface area contributed by atoms with Crippen LogP contribution in [0.2, 0.25) is 0 Å². The highest BCUT2D eigenvalue weighted by atomic mass is 19.1. The predicted molar refractivity (Wildman–Crippen MR) is 127 cm³/mol. The molecule has 0 bridgehead atoms. The summed E-state index contributed by atoms with van der Waals surface area (Å²) in [5, 5.41) is 24.1. The summed E-state index contributed by atoms with van der Waals surface area (Å²) < 4.78 is 30.5. The Morgan fingerprint density at radius 2 is 1.72 bits per heavy atom. The number of anilines is 1. The molecule has 1 fully saturated rings. The summed E-state index contributed by atoms with van der Waals surface area (Å²) in [6, 6.07) is 10.6. The van der Waals surface area contributed by atoms with Crippen molar-refractivity contribution in [3.05, 3.63) is 47.3 Å². The van der Waals surface area contributed by atoms with E-state index in [0.29, 0.717) is 36.9 Å². The summed E-state index contributed by atoms with van der Waals surface area (Å²) in [4.78, 5) is 22.9. The second kappa shape index (κ2) is 12.6. The molecule has 2 N–H and O–H groups in total. The molecule has 10 nitrogen and oxygen atoms in total. The van der Waals surface area contributed by atoms with Crippen LogP contribution in [0.25, 0.3) is 0 Å². The van der Waals surface area contributed by atoms with Crippen LogP contribution in [0.15, 0.2) is 30.3 Å². The first-order chi connectivity index (χ1) is 17.3. The number of hydrogen-bond acceptors (Lipinski definition) is 8. The number of carbonyl (C=O) groups is 2. The Labute approximate surface area is 208 Å². The lowest BCUT2D eigenvalue weighted by Crippen LogP contribution is -2.47. The molecule has 0 saturated carbocycles. The Morgan fingerprint density at radius 3 is 2.33 bits per heavy atom. The summed E-state index contributed by atoms with van der Waals surface area (Å²) in [5.74, 6) is -1.88. The van der Waals surface area contributed by atoms with Crippen LogP contribution in [0.4, 0.5) is 10.1 Å². The molecule has 192 valence electrons. The van der Waals surface area contributed by atoms with Gasteiger partial charge in [-0.1, -0.05) is 0 Å². The summed E-state index contributed by atoms with van der Waals surface area (Å²) in [7, 11) is 0. The van der Waals surface area contributed by atoms with Crippen molar-refractivity contribution in [2.45, 2.75) is 13.3 Å². The van der Waals surface area contributed by atoms with E-state index in [4.69, 9.17) is 34.0 Å². The third kappa shape index (κ3) is 6.99. The number of aryl methyl sites for hydroxylation is 1. The molecule has 1 saturated heterocycles. The highest BCUT2D eigenvalue weighted by Crippen LogP contribution is 2.42. The molecule has 0 amide bonds. The predicted octanol–water partition coefficient (Wildman–Crippen LogP) is 2.52. The number of ether oxygens (including phenoxy) is 3. The van der Waals surface area contributed by atoms with Crippen LogP contribution in [0, 0.1) is 24.1 Å². The largest absolute Gasteiger partial charge is 0.493 e. The number of nitrogens with zero attached hydrogens (tertiary/aromatic N) is 3. The van der Waals surface area contributed by atoms with Crippen molar-refractivity contribution >= 4 is 17.6 Å². The molecule has 2 aromatic carbocycles. The summed E-state index contributed by atoms with van der Waals surface area (Å²) in [6.07, 6.45) is 0.917. The minimum absolute atomic E-state index is 0.238. The number of nitriles is 1. The molecule has 11 heteroatoms. The van der Waals surface area contributed by atoms with E-state index in [1.54, 1.807) is 6.07 Å². The van der Waals surface area contributed by atoms with E-state index in [1.807, 2.05) is 19.1 Å². The fourth-order valence-corrected chi connectivity index (χ4v) is 3.92. The number of carboxylic acid groups (broad SMARTS) is 2. The average Bonchev–Trinajstić information content (AvgIpc) is 2.87. The van der Waals surface area contributed by atoms with E-state index >= 15 is 0 Å². The number of halogens is 1. The lowest BCUT2D eigenvalue weighted by molar-refractivity contribution is -0.159. The van der Waals surface area contributed by atoms with Crippen LogP contribution in [0.5, 0.6) is 17.2 Å². The summed E-state index contributed by atoms with van der Waals surface area (Å²) in [5.41, 5.74) is 2.34. The maximum absolute atomic E-state index is 13.2. The van der Waals surface area contributed by atoms with Gasteiger partial charge in [0.2, 0.25) is 0 Å². The van der Waals surface area contributed by atoms with Gasteiger partial charge in [-0.3, -0.25) is 4.90 Å². The molecule has 2 aromatic rings. The van der Waals surface area contributed by atoms with E-state index in [0.717, 1.165) is 56.1 Å². The smallest absolute Gasteiger partial charge is 0.414 e. The van der Waals surface area contributed by atoms with Gasteiger partial charge in [0.25, 0.3) is 0 Å². The fourth-order valence-electron chi connectivity index (χ4n) is 3.92. The maximum atomic E-state index is 13.2. The van der Waals surface area contributed by atoms with Crippen molar-refractivity contribution in [1.82, 2.24) is 4.90 Å². The molecule has 0 unspecified atom stereocenters. The van der Waals surface area contributed by atoms with Crippen LogP contribution in [-0.4, -0.2) is 79.6 Å². The maximum Gasteiger partial charge on any atom is 0.414 e. The number of hydrogen-bond donors (Lipinski definition) is 2. The van der Waals surface area contributed by atoms with Gasteiger partial charge in [0.15, 0.2) is 11.5 Å². The molecule has 0 radical (unpaired) electrons. The first-order valence-corrected chi connectivity index (χ1v) is 11.4. The van der Waals surface area contributed by atoms with Gasteiger partial charge in [-0.25, -0.2) is 14.0 Å². The number of rotatable bonds is 6. The van der Waals surface area contributed by atoms with Crippen molar-refractivity contribution in [2.24, 2.45) is 0 Å². The van der Waals surface area contributed by atoms with Crippen LogP contribution in [-0.2, 0) is 9.59 Å². The zero-order valence-electron chi connectivity index (χ0n) is 19.9. The molecule has 0 atom stereocenters. The van der Waals surface area contributed by atoms with Crippen LogP contribution in [0.1, 0.15) is 17.5 Å². The molecule has 36 heavy (non-hydrogen) atoms. The van der Waals surface area contributed by atoms with Crippen molar-refractivity contribution < 1.29 is 38.4 Å². The zero-order chi connectivity index (χ0) is 26.1. The molecular weight excluding hydrogens is 473 g/mol. The Balaban J connectivity index is 0.000000538. The zero-order valence-corrected chi connectivity index (χ0v) is 19.9. The van der Waals surface area contributed by atoms with Gasteiger partial charge in [0, 0.05) is 32.7 Å². The molecule has 2 aliphatic rings. The quantitative estimate of drug-likeness (QED) is 0.449. The third-order valence-electron chi connectivity index (χ3n) is 5.70. The lowest BCUT2D eigenvalue weighted by atomic mass is 10.1. The lowest BCUT2D eigenvalue weighted by Gasteiger charge is -2.37. The topological polar surface area (TPSA) is 133 Å². The monoisotopic (exact) mass is 501 g/mol.